The minimum atomic E-state index is -0.0221. The molecule has 0 aromatic carbocycles. The summed E-state index contributed by atoms with van der Waals surface area (Å²) in [6.07, 6.45) is 6.30. The number of nitrogens with zero attached hydrogens (tertiary/aromatic N) is 3. The smallest absolute Gasteiger partial charge is 0.126 e. The molecular formula is C12H16N4. The second-order valence-electron chi connectivity index (χ2n) is 4.68. The molecule has 1 unspecified atom stereocenters. The van der Waals surface area contributed by atoms with Crippen molar-refractivity contribution in [1.82, 2.24) is 14.5 Å². The number of hydrogen-bond donors (Lipinski definition) is 1. The van der Waals surface area contributed by atoms with Crippen LogP contribution >= 0.6 is 0 Å². The lowest BCUT2D eigenvalue weighted by molar-refractivity contribution is 0.581. The van der Waals surface area contributed by atoms with Crippen molar-refractivity contribution in [1.29, 1.82) is 0 Å². The number of nitrogens with two attached hydrogens (primary N) is 1. The summed E-state index contributed by atoms with van der Waals surface area (Å²) in [6.45, 7) is 3.04. The normalized spacial score (nSPS) is 17.9. The Bertz CT molecular complexity index is 511. The Hall–Kier alpha value is -1.42. The van der Waals surface area contributed by atoms with Crippen LogP contribution in [0.3, 0.4) is 0 Å². The van der Waals surface area contributed by atoms with Gasteiger partial charge in [0.2, 0.25) is 0 Å². The van der Waals surface area contributed by atoms with Crippen LogP contribution in [0.4, 0.5) is 0 Å². The van der Waals surface area contributed by atoms with Gasteiger partial charge in [-0.15, -0.1) is 0 Å². The average molecular weight is 216 g/mol. The van der Waals surface area contributed by atoms with Crippen LogP contribution in [0.2, 0.25) is 0 Å². The lowest BCUT2D eigenvalue weighted by Gasteiger charge is -2.10. The van der Waals surface area contributed by atoms with E-state index in [1.54, 1.807) is 0 Å². The van der Waals surface area contributed by atoms with E-state index in [2.05, 4.69) is 14.5 Å². The lowest BCUT2D eigenvalue weighted by Crippen LogP contribution is -2.14. The molecule has 0 bridgehead atoms. The summed E-state index contributed by atoms with van der Waals surface area (Å²) in [5, 5.41) is 0. The quantitative estimate of drug-likeness (QED) is 0.852. The van der Waals surface area contributed by atoms with Crippen LogP contribution in [-0.4, -0.2) is 14.5 Å². The Morgan fingerprint density at radius 3 is 3.06 bits per heavy atom. The highest BCUT2D eigenvalue weighted by atomic mass is 15.1. The first-order valence-corrected chi connectivity index (χ1v) is 5.81. The van der Waals surface area contributed by atoms with Crippen molar-refractivity contribution in [3.05, 3.63) is 24.3 Å². The van der Waals surface area contributed by atoms with E-state index in [1.165, 1.54) is 12.8 Å². The second-order valence-corrected chi connectivity index (χ2v) is 4.68. The maximum atomic E-state index is 5.97. The molecule has 84 valence electrons. The van der Waals surface area contributed by atoms with Crippen molar-refractivity contribution in [2.75, 3.05) is 0 Å². The molecule has 2 heterocycles. The van der Waals surface area contributed by atoms with E-state index in [0.717, 1.165) is 29.3 Å². The first-order valence-electron chi connectivity index (χ1n) is 5.81. The molecule has 0 spiro atoms. The molecule has 1 fully saturated rings. The van der Waals surface area contributed by atoms with E-state index in [0.29, 0.717) is 0 Å². The Morgan fingerprint density at radius 1 is 1.56 bits per heavy atom. The summed E-state index contributed by atoms with van der Waals surface area (Å²) in [5.74, 6) is 1.80. The molecule has 0 radical (unpaired) electrons. The summed E-state index contributed by atoms with van der Waals surface area (Å²) in [5.41, 5.74) is 8.09. The standard InChI is InChI=1S/C12H16N4/c1-8(13)12-15-10-6-14-5-4-11(10)16(12)7-9-2-3-9/h4-6,8-9H,2-3,7,13H2,1H3. The first kappa shape index (κ1) is 9.78. The third-order valence-electron chi connectivity index (χ3n) is 3.13. The van der Waals surface area contributed by atoms with Gasteiger partial charge in [-0.1, -0.05) is 0 Å². The number of aromatic nitrogens is 3. The zero-order chi connectivity index (χ0) is 11.1. The second kappa shape index (κ2) is 3.56. The molecule has 4 nitrogen and oxygen atoms in total. The minimum Gasteiger partial charge on any atom is -0.326 e. The molecule has 2 aromatic rings. The number of hydrogen-bond acceptors (Lipinski definition) is 3. The maximum Gasteiger partial charge on any atom is 0.126 e. The molecule has 1 aliphatic rings. The van der Waals surface area contributed by atoms with E-state index < -0.39 is 0 Å². The highest BCUT2D eigenvalue weighted by Gasteiger charge is 2.24. The van der Waals surface area contributed by atoms with Crippen LogP contribution in [0.5, 0.6) is 0 Å². The topological polar surface area (TPSA) is 56.7 Å². The molecule has 16 heavy (non-hydrogen) atoms. The van der Waals surface area contributed by atoms with Gasteiger partial charge in [0.05, 0.1) is 17.8 Å². The van der Waals surface area contributed by atoms with Crippen molar-refractivity contribution < 1.29 is 0 Å². The van der Waals surface area contributed by atoms with Crippen LogP contribution < -0.4 is 5.73 Å². The van der Waals surface area contributed by atoms with Crippen molar-refractivity contribution in [2.24, 2.45) is 11.7 Å². The number of rotatable bonds is 3. The molecule has 0 saturated heterocycles. The Labute approximate surface area is 94.5 Å². The van der Waals surface area contributed by atoms with E-state index in [9.17, 15) is 0 Å². The maximum absolute atomic E-state index is 5.97. The molecule has 4 heteroatoms. The van der Waals surface area contributed by atoms with Crippen molar-refractivity contribution >= 4 is 11.0 Å². The molecule has 0 amide bonds. The van der Waals surface area contributed by atoms with Gasteiger partial charge in [-0.3, -0.25) is 4.98 Å². The molecule has 2 aromatic heterocycles. The van der Waals surface area contributed by atoms with Gasteiger partial charge in [0.1, 0.15) is 11.3 Å². The molecule has 1 aliphatic carbocycles. The van der Waals surface area contributed by atoms with Gasteiger partial charge in [0.15, 0.2) is 0 Å². The third kappa shape index (κ3) is 1.59. The van der Waals surface area contributed by atoms with Crippen molar-refractivity contribution in [3.63, 3.8) is 0 Å². The molecule has 0 aliphatic heterocycles. The van der Waals surface area contributed by atoms with E-state index in [1.807, 2.05) is 25.4 Å². The predicted octanol–water partition coefficient (Wildman–Crippen LogP) is 1.86. The number of pyridine rings is 1. The molecule has 1 saturated carbocycles. The van der Waals surface area contributed by atoms with Gasteiger partial charge in [0.25, 0.3) is 0 Å². The zero-order valence-electron chi connectivity index (χ0n) is 9.43. The first-order chi connectivity index (χ1) is 7.75. The predicted molar refractivity (Wildman–Crippen MR) is 62.9 cm³/mol. The van der Waals surface area contributed by atoms with Gasteiger partial charge in [0, 0.05) is 12.7 Å². The van der Waals surface area contributed by atoms with Crippen LogP contribution in [0.1, 0.15) is 31.6 Å². The number of imidazole rings is 1. The molecule has 3 rings (SSSR count). The lowest BCUT2D eigenvalue weighted by atomic mass is 10.3. The Kier molecular flexibility index (Phi) is 2.17. The van der Waals surface area contributed by atoms with Crippen molar-refractivity contribution in [2.45, 2.75) is 32.4 Å². The van der Waals surface area contributed by atoms with Gasteiger partial charge >= 0.3 is 0 Å². The van der Waals surface area contributed by atoms with E-state index >= 15 is 0 Å². The fraction of sp³-hybridized carbons (Fsp3) is 0.500. The number of fused-ring (bicyclic) bond motifs is 1. The zero-order valence-corrected chi connectivity index (χ0v) is 9.43. The fourth-order valence-corrected chi connectivity index (χ4v) is 2.10. The van der Waals surface area contributed by atoms with Gasteiger partial charge in [-0.2, -0.15) is 0 Å². The van der Waals surface area contributed by atoms with E-state index in [4.69, 9.17) is 5.73 Å². The van der Waals surface area contributed by atoms with Gasteiger partial charge in [-0.05, 0) is 31.7 Å². The summed E-state index contributed by atoms with van der Waals surface area (Å²) in [4.78, 5) is 8.67. The van der Waals surface area contributed by atoms with Crippen molar-refractivity contribution in [3.8, 4) is 0 Å². The average Bonchev–Trinajstić information content (AvgIpc) is 3.00. The molecule has 2 N–H and O–H groups in total. The highest BCUT2D eigenvalue weighted by molar-refractivity contribution is 5.74. The summed E-state index contributed by atoms with van der Waals surface area (Å²) >= 11 is 0. The Balaban J connectivity index is 2.14. The van der Waals surface area contributed by atoms with E-state index in [-0.39, 0.29) is 6.04 Å². The van der Waals surface area contributed by atoms with Gasteiger partial charge in [-0.25, -0.2) is 4.98 Å². The van der Waals surface area contributed by atoms with Crippen LogP contribution in [0.25, 0.3) is 11.0 Å². The summed E-state index contributed by atoms with van der Waals surface area (Å²) in [6, 6.07) is 2.00. The summed E-state index contributed by atoms with van der Waals surface area (Å²) < 4.78 is 2.26. The SMILES string of the molecule is CC(N)c1nc2cnccc2n1CC1CC1. The fourth-order valence-electron chi connectivity index (χ4n) is 2.10. The summed E-state index contributed by atoms with van der Waals surface area (Å²) in [7, 11) is 0. The minimum absolute atomic E-state index is 0.0221. The highest BCUT2D eigenvalue weighted by Crippen LogP contribution is 2.33. The van der Waals surface area contributed by atoms with Crippen LogP contribution in [0, 0.1) is 5.92 Å². The largest absolute Gasteiger partial charge is 0.326 e. The van der Waals surface area contributed by atoms with Crippen LogP contribution in [-0.2, 0) is 6.54 Å². The van der Waals surface area contributed by atoms with Crippen LogP contribution in [0.15, 0.2) is 18.5 Å². The monoisotopic (exact) mass is 216 g/mol. The van der Waals surface area contributed by atoms with Gasteiger partial charge < -0.3 is 10.3 Å². The molecular weight excluding hydrogens is 200 g/mol. The Morgan fingerprint density at radius 2 is 2.38 bits per heavy atom. The third-order valence-corrected chi connectivity index (χ3v) is 3.13. The molecule has 1 atom stereocenters.